The van der Waals surface area contributed by atoms with Crippen molar-refractivity contribution in [2.24, 2.45) is 0 Å². The van der Waals surface area contributed by atoms with E-state index in [9.17, 15) is 13.6 Å². The van der Waals surface area contributed by atoms with Crippen LogP contribution < -0.4 is 0 Å². The molecule has 1 amide bonds. The molecule has 1 atom stereocenters. The van der Waals surface area contributed by atoms with Crippen molar-refractivity contribution in [1.82, 2.24) is 30.0 Å². The highest BCUT2D eigenvalue weighted by Gasteiger charge is 2.27. The predicted molar refractivity (Wildman–Crippen MR) is 97.9 cm³/mol. The Labute approximate surface area is 165 Å². The average Bonchev–Trinajstić information content (AvgIpc) is 3.39. The molecule has 0 N–H and O–H groups in total. The normalized spacial score (nSPS) is 17.1. The van der Waals surface area contributed by atoms with Crippen LogP contribution in [-0.2, 0) is 0 Å². The van der Waals surface area contributed by atoms with Gasteiger partial charge in [0.25, 0.3) is 11.8 Å². The Hall–Kier alpha value is -3.17. The maximum absolute atomic E-state index is 13.5. The molecule has 0 unspecified atom stereocenters. The lowest BCUT2D eigenvalue weighted by Crippen LogP contribution is -2.40. The summed E-state index contributed by atoms with van der Waals surface area (Å²) < 4.78 is 33.5. The third kappa shape index (κ3) is 3.87. The number of hydrogen-bond donors (Lipinski definition) is 0. The molecule has 0 bridgehead atoms. The molecule has 3 heterocycles. The minimum Gasteiger partial charge on any atom is -0.336 e. The quantitative estimate of drug-likeness (QED) is 0.666. The zero-order valence-electron chi connectivity index (χ0n) is 16.0. The summed E-state index contributed by atoms with van der Waals surface area (Å²) >= 11 is 0. The Morgan fingerprint density at radius 3 is 2.83 bits per heavy atom. The minimum absolute atomic E-state index is 0.0910. The van der Waals surface area contributed by atoms with E-state index < -0.39 is 11.6 Å². The van der Waals surface area contributed by atoms with Gasteiger partial charge in [-0.15, -0.1) is 5.10 Å². The summed E-state index contributed by atoms with van der Waals surface area (Å²) in [5, 5.41) is 12.2. The second-order valence-electron chi connectivity index (χ2n) is 7.37. The van der Waals surface area contributed by atoms with Crippen LogP contribution in [0.2, 0.25) is 0 Å². The van der Waals surface area contributed by atoms with Gasteiger partial charge >= 0.3 is 0 Å². The molecule has 3 aromatic rings. The monoisotopic (exact) mass is 402 g/mol. The zero-order valence-corrected chi connectivity index (χ0v) is 16.0. The summed E-state index contributed by atoms with van der Waals surface area (Å²) in [6, 6.07) is 3.09. The zero-order chi connectivity index (χ0) is 20.5. The largest absolute Gasteiger partial charge is 0.336 e. The maximum atomic E-state index is 13.5. The molecule has 0 saturated carbocycles. The molecule has 1 aliphatic rings. The lowest BCUT2D eigenvalue weighted by molar-refractivity contribution is 0.0671. The Bertz CT molecular complexity index is 1030. The molecule has 4 rings (SSSR count). The fourth-order valence-corrected chi connectivity index (χ4v) is 3.29. The van der Waals surface area contributed by atoms with Crippen LogP contribution in [0.4, 0.5) is 8.78 Å². The second-order valence-corrected chi connectivity index (χ2v) is 7.37. The molecule has 8 nitrogen and oxygen atoms in total. The van der Waals surface area contributed by atoms with E-state index in [0.29, 0.717) is 30.5 Å². The van der Waals surface area contributed by atoms with Crippen LogP contribution in [-0.4, -0.2) is 49.0 Å². The summed E-state index contributed by atoms with van der Waals surface area (Å²) in [5.41, 5.74) is 0.587. The van der Waals surface area contributed by atoms with E-state index in [0.717, 1.165) is 25.0 Å². The molecule has 1 fully saturated rings. The molecule has 0 aliphatic carbocycles. The Morgan fingerprint density at radius 2 is 2.10 bits per heavy atom. The number of carbonyl (C=O) groups is 1. The van der Waals surface area contributed by atoms with Crippen molar-refractivity contribution >= 4 is 5.91 Å². The molecule has 29 heavy (non-hydrogen) atoms. The first-order valence-electron chi connectivity index (χ1n) is 9.42. The van der Waals surface area contributed by atoms with Gasteiger partial charge in [0.1, 0.15) is 0 Å². The van der Waals surface area contributed by atoms with Crippen molar-refractivity contribution in [3.63, 3.8) is 0 Å². The molecule has 152 valence electrons. The molecule has 10 heteroatoms. The number of benzene rings is 1. The average molecular weight is 402 g/mol. The van der Waals surface area contributed by atoms with E-state index in [2.05, 4.69) is 20.5 Å². The van der Waals surface area contributed by atoms with Crippen LogP contribution in [0.15, 0.2) is 28.9 Å². The second kappa shape index (κ2) is 7.69. The Balaban J connectivity index is 1.49. The first-order chi connectivity index (χ1) is 13.9. The summed E-state index contributed by atoms with van der Waals surface area (Å²) in [7, 11) is 0. The molecule has 1 saturated heterocycles. The summed E-state index contributed by atoms with van der Waals surface area (Å²) in [6.45, 7) is 4.86. The predicted octanol–water partition coefficient (Wildman–Crippen LogP) is 3.21. The van der Waals surface area contributed by atoms with Gasteiger partial charge in [-0.3, -0.25) is 4.79 Å². The van der Waals surface area contributed by atoms with E-state index in [-0.39, 0.29) is 23.4 Å². The van der Waals surface area contributed by atoms with Gasteiger partial charge in [-0.2, -0.15) is 4.98 Å². The van der Waals surface area contributed by atoms with Crippen molar-refractivity contribution in [2.45, 2.75) is 38.6 Å². The van der Waals surface area contributed by atoms with Gasteiger partial charge in [0.2, 0.25) is 0 Å². The summed E-state index contributed by atoms with van der Waals surface area (Å²) in [6.07, 6.45) is 3.28. The number of aromatic nitrogens is 5. The number of rotatable bonds is 4. The van der Waals surface area contributed by atoms with Gasteiger partial charge in [0.05, 0.1) is 12.2 Å². The van der Waals surface area contributed by atoms with Crippen LogP contribution >= 0.6 is 0 Å². The summed E-state index contributed by atoms with van der Waals surface area (Å²) in [4.78, 5) is 18.6. The van der Waals surface area contributed by atoms with Crippen LogP contribution in [0.5, 0.6) is 0 Å². The molecule has 0 radical (unpaired) electrons. The highest BCUT2D eigenvalue weighted by molar-refractivity contribution is 5.94. The van der Waals surface area contributed by atoms with E-state index in [4.69, 9.17) is 4.52 Å². The lowest BCUT2D eigenvalue weighted by Gasteiger charge is -2.32. The maximum Gasteiger partial charge on any atom is 0.280 e. The highest BCUT2D eigenvalue weighted by Crippen LogP contribution is 2.25. The standard InChI is InChI=1S/C19H20F2N6O2/c1-11(2)17-22-18(29-24-17)16-10-27(25-23-16)13-4-3-7-26(9-13)19(28)12-5-6-14(20)15(21)8-12/h5-6,8,10-11,13H,3-4,7,9H2,1-2H3/t13-/m1/s1. The van der Waals surface area contributed by atoms with Crippen LogP contribution in [0, 0.1) is 11.6 Å². The van der Waals surface area contributed by atoms with Crippen molar-refractivity contribution in [3.05, 3.63) is 47.4 Å². The van der Waals surface area contributed by atoms with Gasteiger partial charge in [0.15, 0.2) is 23.2 Å². The lowest BCUT2D eigenvalue weighted by atomic mass is 10.0. The van der Waals surface area contributed by atoms with Gasteiger partial charge < -0.3 is 9.42 Å². The van der Waals surface area contributed by atoms with E-state index in [1.807, 2.05) is 13.8 Å². The number of carbonyl (C=O) groups excluding carboxylic acids is 1. The SMILES string of the molecule is CC(C)c1noc(-c2cn([C@@H]3CCCN(C(=O)c4ccc(F)c(F)c4)C3)nn2)n1. The van der Waals surface area contributed by atoms with E-state index in [1.165, 1.54) is 6.07 Å². The van der Waals surface area contributed by atoms with E-state index >= 15 is 0 Å². The summed E-state index contributed by atoms with van der Waals surface area (Å²) in [5.74, 6) is -1.33. The van der Waals surface area contributed by atoms with Crippen molar-refractivity contribution in [3.8, 4) is 11.6 Å². The molecule has 1 aliphatic heterocycles. The van der Waals surface area contributed by atoms with Crippen LogP contribution in [0.3, 0.4) is 0 Å². The first-order valence-corrected chi connectivity index (χ1v) is 9.42. The third-order valence-electron chi connectivity index (χ3n) is 4.91. The fraction of sp³-hybridized carbons (Fsp3) is 0.421. The molecular weight excluding hydrogens is 382 g/mol. The molecule has 0 spiro atoms. The third-order valence-corrected chi connectivity index (χ3v) is 4.91. The minimum atomic E-state index is -1.04. The number of likely N-dealkylation sites (tertiary alicyclic amines) is 1. The van der Waals surface area contributed by atoms with Gasteiger partial charge in [-0.05, 0) is 31.0 Å². The van der Waals surface area contributed by atoms with Crippen molar-refractivity contribution < 1.29 is 18.1 Å². The van der Waals surface area contributed by atoms with Gasteiger partial charge in [-0.25, -0.2) is 13.5 Å². The van der Waals surface area contributed by atoms with Gasteiger partial charge in [-0.1, -0.05) is 24.2 Å². The van der Waals surface area contributed by atoms with Crippen molar-refractivity contribution in [2.75, 3.05) is 13.1 Å². The number of piperidine rings is 1. The number of nitrogens with zero attached hydrogens (tertiary/aromatic N) is 6. The number of hydrogen-bond acceptors (Lipinski definition) is 6. The number of amides is 1. The Kier molecular flexibility index (Phi) is 5.08. The fourth-order valence-electron chi connectivity index (χ4n) is 3.29. The number of halogens is 2. The van der Waals surface area contributed by atoms with Crippen LogP contribution in [0.1, 0.15) is 54.8 Å². The van der Waals surface area contributed by atoms with Crippen molar-refractivity contribution in [1.29, 1.82) is 0 Å². The van der Waals surface area contributed by atoms with Gasteiger partial charge in [0, 0.05) is 24.6 Å². The molecular formula is C19H20F2N6O2. The molecule has 2 aromatic heterocycles. The van der Waals surface area contributed by atoms with E-state index in [1.54, 1.807) is 15.8 Å². The first kappa shape index (κ1) is 19.2. The Morgan fingerprint density at radius 1 is 1.28 bits per heavy atom. The molecule has 1 aromatic carbocycles. The topological polar surface area (TPSA) is 89.9 Å². The smallest absolute Gasteiger partial charge is 0.280 e. The van der Waals surface area contributed by atoms with Crippen LogP contribution in [0.25, 0.3) is 11.6 Å². The highest BCUT2D eigenvalue weighted by atomic mass is 19.2.